The van der Waals surface area contributed by atoms with Crippen molar-refractivity contribution in [2.75, 3.05) is 6.61 Å². The molecular formula is C6H9Cl3F4OSi. The van der Waals surface area contributed by atoms with Crippen LogP contribution in [0.5, 0.6) is 0 Å². The fraction of sp³-hybridized carbons (Fsp3) is 1.00. The summed E-state index contributed by atoms with van der Waals surface area (Å²) in [6.07, 6.45) is -4.48. The number of alkyl halides is 4. The number of hydrogen-bond acceptors (Lipinski definition) is 1. The molecule has 0 heterocycles. The molecule has 0 radical (unpaired) electrons. The highest BCUT2D eigenvalue weighted by Gasteiger charge is 2.53. The molecule has 15 heavy (non-hydrogen) atoms. The third-order valence-electron chi connectivity index (χ3n) is 1.40. The zero-order valence-electron chi connectivity index (χ0n) is 7.68. The van der Waals surface area contributed by atoms with Gasteiger partial charge in [-0.25, -0.2) is 0 Å². The standard InChI is InChI=1S/C6H9Cl3F4OSi/c1-5(10,11)6(12,13)14-3-2-4-15(7,8)9/h2-4H2,1H3. The Hall–Kier alpha value is 0.767. The summed E-state index contributed by atoms with van der Waals surface area (Å²) >= 11 is 16.4. The lowest BCUT2D eigenvalue weighted by atomic mass is 10.3. The van der Waals surface area contributed by atoms with Crippen LogP contribution in [0.2, 0.25) is 6.04 Å². The van der Waals surface area contributed by atoms with Gasteiger partial charge in [0.05, 0.1) is 6.61 Å². The molecule has 92 valence electrons. The summed E-state index contributed by atoms with van der Waals surface area (Å²) in [5.74, 6) is -4.22. The van der Waals surface area contributed by atoms with E-state index in [9.17, 15) is 17.6 Å². The van der Waals surface area contributed by atoms with Gasteiger partial charge in [-0.15, -0.1) is 33.2 Å². The van der Waals surface area contributed by atoms with Crippen molar-refractivity contribution in [1.82, 2.24) is 0 Å². The largest absolute Gasteiger partial charge is 0.419 e. The molecule has 0 N–H and O–H groups in total. The van der Waals surface area contributed by atoms with Crippen LogP contribution in [0, 0.1) is 0 Å². The van der Waals surface area contributed by atoms with Crippen molar-refractivity contribution in [3.63, 3.8) is 0 Å². The van der Waals surface area contributed by atoms with E-state index in [0.29, 0.717) is 0 Å². The van der Waals surface area contributed by atoms with E-state index in [4.69, 9.17) is 33.2 Å². The van der Waals surface area contributed by atoms with Crippen molar-refractivity contribution < 1.29 is 22.3 Å². The molecule has 0 aromatic rings. The van der Waals surface area contributed by atoms with Gasteiger partial charge < -0.3 is 4.74 Å². The minimum Gasteiger partial charge on any atom is -0.316 e. The first-order valence-electron chi connectivity index (χ1n) is 3.92. The lowest BCUT2D eigenvalue weighted by molar-refractivity contribution is -0.340. The van der Waals surface area contributed by atoms with Gasteiger partial charge in [-0.2, -0.15) is 17.6 Å². The average molecular weight is 308 g/mol. The zero-order chi connectivity index (χ0) is 12.3. The molecule has 0 amide bonds. The summed E-state index contributed by atoms with van der Waals surface area (Å²) in [7, 11) is 0. The number of halogens is 7. The fourth-order valence-electron chi connectivity index (χ4n) is 0.600. The predicted octanol–water partition coefficient (Wildman–Crippen LogP) is 4.30. The Balaban J connectivity index is 3.87. The van der Waals surface area contributed by atoms with E-state index in [1.54, 1.807) is 0 Å². The molecule has 0 aromatic carbocycles. The first-order valence-corrected chi connectivity index (χ1v) is 9.16. The molecule has 0 unspecified atom stereocenters. The minimum absolute atomic E-state index is 0.00833. The van der Waals surface area contributed by atoms with E-state index < -0.39 is 24.6 Å². The molecular weight excluding hydrogens is 299 g/mol. The molecule has 0 rings (SSSR count). The number of hydrogen-bond donors (Lipinski definition) is 0. The average Bonchev–Trinajstić information content (AvgIpc) is 1.94. The topological polar surface area (TPSA) is 9.23 Å². The summed E-state index contributed by atoms with van der Waals surface area (Å²) in [6.45, 7) is -0.492. The van der Waals surface area contributed by atoms with E-state index in [1.807, 2.05) is 0 Å². The highest BCUT2D eigenvalue weighted by atomic mass is 35.8. The molecule has 0 aliphatic carbocycles. The van der Waals surface area contributed by atoms with Gasteiger partial charge in [-0.3, -0.25) is 0 Å². The van der Waals surface area contributed by atoms with E-state index in [2.05, 4.69) is 4.74 Å². The maximum Gasteiger partial charge on any atom is 0.419 e. The van der Waals surface area contributed by atoms with Crippen LogP contribution in [-0.4, -0.2) is 24.6 Å². The van der Waals surface area contributed by atoms with E-state index in [1.165, 1.54) is 0 Å². The van der Waals surface area contributed by atoms with Crippen LogP contribution in [0.15, 0.2) is 0 Å². The van der Waals surface area contributed by atoms with Crippen molar-refractivity contribution in [1.29, 1.82) is 0 Å². The third kappa shape index (κ3) is 6.83. The third-order valence-corrected chi connectivity index (χ3v) is 4.02. The second-order valence-corrected chi connectivity index (χ2v) is 12.3. The predicted molar refractivity (Wildman–Crippen MR) is 54.3 cm³/mol. The van der Waals surface area contributed by atoms with E-state index >= 15 is 0 Å². The SMILES string of the molecule is CC(F)(F)C(F)(F)OCCC[Si](Cl)(Cl)Cl. The molecule has 0 bridgehead atoms. The van der Waals surface area contributed by atoms with Crippen LogP contribution in [0.1, 0.15) is 13.3 Å². The summed E-state index contributed by atoms with van der Waals surface area (Å²) in [6, 6.07) is -2.81. The Morgan fingerprint density at radius 1 is 1.13 bits per heavy atom. The Morgan fingerprint density at radius 2 is 1.60 bits per heavy atom. The lowest BCUT2D eigenvalue weighted by Crippen LogP contribution is -2.40. The van der Waals surface area contributed by atoms with Crippen LogP contribution in [0.25, 0.3) is 0 Å². The van der Waals surface area contributed by atoms with Crippen molar-refractivity contribution in [2.45, 2.75) is 31.4 Å². The number of rotatable bonds is 6. The molecule has 0 saturated heterocycles. The normalized spacial score (nSPS) is 14.4. The highest BCUT2D eigenvalue weighted by Crippen LogP contribution is 2.35. The van der Waals surface area contributed by atoms with Gasteiger partial charge in [0.15, 0.2) is 0 Å². The molecule has 1 nitrogen and oxygen atoms in total. The van der Waals surface area contributed by atoms with Gasteiger partial charge in [-0.05, 0) is 12.5 Å². The Morgan fingerprint density at radius 3 is 1.93 bits per heavy atom. The quantitative estimate of drug-likeness (QED) is 0.308. The van der Waals surface area contributed by atoms with Crippen molar-refractivity contribution in [3.05, 3.63) is 0 Å². The van der Waals surface area contributed by atoms with Crippen LogP contribution < -0.4 is 0 Å². The molecule has 9 heteroatoms. The second-order valence-electron chi connectivity index (χ2n) is 2.97. The monoisotopic (exact) mass is 306 g/mol. The molecule has 0 atom stereocenters. The molecule has 0 aliphatic rings. The Bertz CT molecular complexity index is 204. The highest BCUT2D eigenvalue weighted by molar-refractivity contribution is 7.64. The zero-order valence-corrected chi connectivity index (χ0v) is 10.9. The first-order chi connectivity index (χ1) is 6.46. The maximum atomic E-state index is 12.5. The Kier molecular flexibility index (Phi) is 5.68. The van der Waals surface area contributed by atoms with E-state index in [0.717, 1.165) is 0 Å². The maximum absolute atomic E-state index is 12.5. The minimum atomic E-state index is -4.48. The molecule has 0 aliphatic heterocycles. The van der Waals surface area contributed by atoms with Crippen molar-refractivity contribution in [2.24, 2.45) is 0 Å². The van der Waals surface area contributed by atoms with Crippen LogP contribution in [0.3, 0.4) is 0 Å². The van der Waals surface area contributed by atoms with E-state index in [-0.39, 0.29) is 19.4 Å². The first kappa shape index (κ1) is 15.8. The fourth-order valence-corrected chi connectivity index (χ4v) is 2.35. The van der Waals surface area contributed by atoms with Gasteiger partial charge in [-0.1, -0.05) is 0 Å². The molecule has 0 spiro atoms. The van der Waals surface area contributed by atoms with Gasteiger partial charge in [0, 0.05) is 6.92 Å². The molecule has 0 aromatic heterocycles. The van der Waals surface area contributed by atoms with Gasteiger partial charge in [0.2, 0.25) is 0 Å². The smallest absolute Gasteiger partial charge is 0.316 e. The van der Waals surface area contributed by atoms with Crippen LogP contribution in [0.4, 0.5) is 17.6 Å². The van der Waals surface area contributed by atoms with Crippen LogP contribution in [-0.2, 0) is 4.74 Å². The van der Waals surface area contributed by atoms with Crippen LogP contribution >= 0.6 is 33.2 Å². The lowest BCUT2D eigenvalue weighted by Gasteiger charge is -2.22. The molecule has 0 saturated carbocycles. The molecule has 0 fully saturated rings. The van der Waals surface area contributed by atoms with Gasteiger partial charge >= 0.3 is 18.0 Å². The number of ether oxygens (including phenoxy) is 1. The summed E-state index contributed by atoms with van der Waals surface area (Å²) < 4.78 is 53.2. The summed E-state index contributed by atoms with van der Waals surface area (Å²) in [4.78, 5) is 0. The van der Waals surface area contributed by atoms with Crippen molar-refractivity contribution >= 4 is 39.2 Å². The summed E-state index contributed by atoms with van der Waals surface area (Å²) in [5, 5.41) is 0. The van der Waals surface area contributed by atoms with Gasteiger partial charge in [0.1, 0.15) is 0 Å². The van der Waals surface area contributed by atoms with Gasteiger partial charge in [0.25, 0.3) is 0 Å². The second kappa shape index (κ2) is 5.40. The summed E-state index contributed by atoms with van der Waals surface area (Å²) in [5.41, 5.74) is 0. The Labute approximate surface area is 99.7 Å². The van der Waals surface area contributed by atoms with Crippen molar-refractivity contribution in [3.8, 4) is 0 Å².